The molecule has 96 valence electrons. The van der Waals surface area contributed by atoms with Crippen molar-refractivity contribution in [3.05, 3.63) is 41.5 Å². The molecule has 0 saturated carbocycles. The normalized spacial score (nSPS) is 10.6. The molecule has 0 saturated heterocycles. The van der Waals surface area contributed by atoms with Gasteiger partial charge >= 0.3 is 0 Å². The molecule has 0 aliphatic carbocycles. The van der Waals surface area contributed by atoms with Crippen LogP contribution in [0.3, 0.4) is 0 Å². The lowest BCUT2D eigenvalue weighted by Gasteiger charge is -2.05. The quantitative estimate of drug-likeness (QED) is 0.845. The second-order valence-corrected chi connectivity index (χ2v) is 3.92. The first-order valence-corrected chi connectivity index (χ1v) is 5.99. The van der Waals surface area contributed by atoms with Crippen molar-refractivity contribution in [1.29, 1.82) is 0 Å². The number of aryl methyl sites for hydroxylation is 1. The van der Waals surface area contributed by atoms with E-state index in [0.717, 1.165) is 18.7 Å². The number of hydrogen-bond acceptors (Lipinski definition) is 5. The summed E-state index contributed by atoms with van der Waals surface area (Å²) in [6.45, 7) is 3.10. The van der Waals surface area contributed by atoms with Crippen molar-refractivity contribution in [1.82, 2.24) is 15.5 Å². The molecule has 1 aromatic heterocycles. The van der Waals surface area contributed by atoms with E-state index >= 15 is 0 Å². The third kappa shape index (κ3) is 3.30. The first-order chi connectivity index (χ1) is 8.81. The first kappa shape index (κ1) is 12.6. The van der Waals surface area contributed by atoms with Crippen LogP contribution in [-0.4, -0.2) is 17.2 Å². The molecule has 5 nitrogen and oxygen atoms in total. The number of rotatable bonds is 6. The lowest BCUT2D eigenvalue weighted by atomic mass is 10.2. The molecule has 2 rings (SSSR count). The number of hydrogen-bond donors (Lipinski definition) is 1. The molecule has 0 bridgehead atoms. The van der Waals surface area contributed by atoms with Crippen molar-refractivity contribution >= 4 is 0 Å². The lowest BCUT2D eigenvalue weighted by Crippen LogP contribution is -2.05. The summed E-state index contributed by atoms with van der Waals surface area (Å²) in [5.41, 5.74) is 1.18. The Morgan fingerprint density at radius 2 is 2.28 bits per heavy atom. The molecule has 0 fully saturated rings. The van der Waals surface area contributed by atoms with Crippen LogP contribution in [0.15, 0.2) is 28.8 Å². The average molecular weight is 247 g/mol. The van der Waals surface area contributed by atoms with Crippen LogP contribution in [0.2, 0.25) is 0 Å². The van der Waals surface area contributed by atoms with Crippen LogP contribution in [0.4, 0.5) is 0 Å². The topological polar surface area (TPSA) is 60.2 Å². The van der Waals surface area contributed by atoms with Crippen LogP contribution >= 0.6 is 0 Å². The standard InChI is InChI=1S/C13H17N3O2/c1-3-12-15-13(18-16-12)9-17-11-6-4-5-10(7-11)8-14-2/h4-7,14H,3,8-9H2,1-2H3. The van der Waals surface area contributed by atoms with Crippen LogP contribution in [-0.2, 0) is 19.6 Å². The van der Waals surface area contributed by atoms with Gasteiger partial charge in [-0.3, -0.25) is 0 Å². The van der Waals surface area contributed by atoms with Crippen LogP contribution in [0, 0.1) is 0 Å². The van der Waals surface area contributed by atoms with Crippen LogP contribution < -0.4 is 10.1 Å². The van der Waals surface area contributed by atoms with Crippen LogP contribution in [0.25, 0.3) is 0 Å². The maximum absolute atomic E-state index is 5.61. The molecule has 0 aliphatic heterocycles. The van der Waals surface area contributed by atoms with Gasteiger partial charge in [0.05, 0.1) is 0 Å². The summed E-state index contributed by atoms with van der Waals surface area (Å²) >= 11 is 0. The van der Waals surface area contributed by atoms with E-state index in [4.69, 9.17) is 9.26 Å². The van der Waals surface area contributed by atoms with Gasteiger partial charge in [-0.1, -0.05) is 24.2 Å². The zero-order valence-electron chi connectivity index (χ0n) is 10.6. The summed E-state index contributed by atoms with van der Waals surface area (Å²) in [4.78, 5) is 4.19. The van der Waals surface area contributed by atoms with Crippen molar-refractivity contribution < 1.29 is 9.26 Å². The van der Waals surface area contributed by atoms with Gasteiger partial charge in [0.15, 0.2) is 12.4 Å². The van der Waals surface area contributed by atoms with Crippen LogP contribution in [0.1, 0.15) is 24.2 Å². The van der Waals surface area contributed by atoms with E-state index in [-0.39, 0.29) is 0 Å². The summed E-state index contributed by atoms with van der Waals surface area (Å²) < 4.78 is 10.7. The SMILES string of the molecule is CCc1noc(COc2cccc(CNC)c2)n1. The number of nitrogens with one attached hydrogen (secondary N) is 1. The second-order valence-electron chi connectivity index (χ2n) is 3.92. The third-order valence-corrected chi connectivity index (χ3v) is 2.47. The Balaban J connectivity index is 1.94. The molecule has 0 aliphatic rings. The monoisotopic (exact) mass is 247 g/mol. The Kier molecular flexibility index (Phi) is 4.30. The van der Waals surface area contributed by atoms with Crippen molar-refractivity contribution in [2.75, 3.05) is 7.05 Å². The highest BCUT2D eigenvalue weighted by atomic mass is 16.5. The fourth-order valence-electron chi connectivity index (χ4n) is 1.59. The fraction of sp³-hybridized carbons (Fsp3) is 0.385. The fourth-order valence-corrected chi connectivity index (χ4v) is 1.59. The summed E-state index contributed by atoms with van der Waals surface area (Å²) in [6.07, 6.45) is 0.765. The highest BCUT2D eigenvalue weighted by Gasteiger charge is 2.05. The third-order valence-electron chi connectivity index (χ3n) is 2.47. The van der Waals surface area contributed by atoms with E-state index in [9.17, 15) is 0 Å². The minimum absolute atomic E-state index is 0.302. The minimum atomic E-state index is 0.302. The number of ether oxygens (including phenoxy) is 1. The van der Waals surface area contributed by atoms with Gasteiger partial charge in [-0.25, -0.2) is 0 Å². The van der Waals surface area contributed by atoms with Gasteiger partial charge in [0, 0.05) is 13.0 Å². The molecule has 0 radical (unpaired) electrons. The molecule has 0 spiro atoms. The highest BCUT2D eigenvalue weighted by molar-refractivity contribution is 5.28. The van der Waals surface area contributed by atoms with E-state index in [0.29, 0.717) is 18.3 Å². The smallest absolute Gasteiger partial charge is 0.264 e. The Bertz CT molecular complexity index is 496. The zero-order chi connectivity index (χ0) is 12.8. The molecular formula is C13H17N3O2. The summed E-state index contributed by atoms with van der Waals surface area (Å²) in [7, 11) is 1.91. The van der Waals surface area contributed by atoms with Gasteiger partial charge in [0.2, 0.25) is 0 Å². The molecule has 1 heterocycles. The maximum atomic E-state index is 5.61. The first-order valence-electron chi connectivity index (χ1n) is 5.99. The Morgan fingerprint density at radius 3 is 3.00 bits per heavy atom. The molecule has 0 atom stereocenters. The molecule has 18 heavy (non-hydrogen) atoms. The van der Waals surface area contributed by atoms with Gasteiger partial charge in [0.25, 0.3) is 5.89 Å². The Labute approximate surface area is 106 Å². The molecule has 0 amide bonds. The average Bonchev–Trinajstić information content (AvgIpc) is 2.85. The number of benzene rings is 1. The van der Waals surface area contributed by atoms with Gasteiger partial charge in [-0.15, -0.1) is 0 Å². The summed E-state index contributed by atoms with van der Waals surface area (Å²) in [6, 6.07) is 7.92. The summed E-state index contributed by atoms with van der Waals surface area (Å²) in [5.74, 6) is 2.02. The van der Waals surface area contributed by atoms with Gasteiger partial charge < -0.3 is 14.6 Å². The zero-order valence-corrected chi connectivity index (χ0v) is 10.6. The Hall–Kier alpha value is -1.88. The molecule has 5 heteroatoms. The number of nitrogens with zero attached hydrogens (tertiary/aromatic N) is 2. The molecule has 1 N–H and O–H groups in total. The summed E-state index contributed by atoms with van der Waals surface area (Å²) in [5, 5.41) is 6.92. The lowest BCUT2D eigenvalue weighted by molar-refractivity contribution is 0.242. The Morgan fingerprint density at radius 1 is 1.39 bits per heavy atom. The van der Waals surface area contributed by atoms with Gasteiger partial charge in [-0.05, 0) is 24.7 Å². The predicted molar refractivity (Wildman–Crippen MR) is 67.2 cm³/mol. The van der Waals surface area contributed by atoms with Crippen molar-refractivity contribution in [3.63, 3.8) is 0 Å². The highest BCUT2D eigenvalue weighted by Crippen LogP contribution is 2.14. The minimum Gasteiger partial charge on any atom is -0.484 e. The van der Waals surface area contributed by atoms with Gasteiger partial charge in [0.1, 0.15) is 5.75 Å². The molecule has 0 unspecified atom stereocenters. The maximum Gasteiger partial charge on any atom is 0.264 e. The molecular weight excluding hydrogens is 230 g/mol. The van der Waals surface area contributed by atoms with Gasteiger partial charge in [-0.2, -0.15) is 4.98 Å². The van der Waals surface area contributed by atoms with Crippen molar-refractivity contribution in [3.8, 4) is 5.75 Å². The van der Waals surface area contributed by atoms with E-state index < -0.39 is 0 Å². The number of aromatic nitrogens is 2. The second kappa shape index (κ2) is 6.16. The predicted octanol–water partition coefficient (Wildman–Crippen LogP) is 1.93. The van der Waals surface area contributed by atoms with Crippen molar-refractivity contribution in [2.45, 2.75) is 26.5 Å². The van der Waals surface area contributed by atoms with Crippen LogP contribution in [0.5, 0.6) is 5.75 Å². The van der Waals surface area contributed by atoms with E-state index in [1.165, 1.54) is 5.56 Å². The molecule has 2 aromatic rings. The van der Waals surface area contributed by atoms with Crippen molar-refractivity contribution in [2.24, 2.45) is 0 Å². The van der Waals surface area contributed by atoms with E-state index in [1.54, 1.807) is 0 Å². The largest absolute Gasteiger partial charge is 0.484 e. The van der Waals surface area contributed by atoms with E-state index in [1.807, 2.05) is 38.2 Å². The molecule has 1 aromatic carbocycles. The van der Waals surface area contributed by atoms with E-state index in [2.05, 4.69) is 15.5 Å².